The number of aryl methyl sites for hydroxylation is 1. The summed E-state index contributed by atoms with van der Waals surface area (Å²) in [7, 11) is 0. The van der Waals surface area contributed by atoms with Crippen LogP contribution in [0.4, 0.5) is 15.9 Å². The summed E-state index contributed by atoms with van der Waals surface area (Å²) in [4.78, 5) is 9.16. The van der Waals surface area contributed by atoms with E-state index in [-0.39, 0.29) is 5.82 Å². The Morgan fingerprint density at radius 3 is 2.64 bits per heavy atom. The van der Waals surface area contributed by atoms with Crippen molar-refractivity contribution in [2.75, 3.05) is 29.4 Å². The van der Waals surface area contributed by atoms with Crippen LogP contribution >= 0.6 is 11.3 Å². The van der Waals surface area contributed by atoms with Crippen LogP contribution in [0.3, 0.4) is 0 Å². The Labute approximate surface area is 167 Å². The first-order valence-electron chi connectivity index (χ1n) is 9.73. The topological polar surface area (TPSA) is 45.2 Å². The molecule has 0 atom stereocenters. The van der Waals surface area contributed by atoms with Crippen LogP contribution in [0.5, 0.6) is 0 Å². The maximum absolute atomic E-state index is 13.7. The van der Waals surface area contributed by atoms with Crippen LogP contribution in [-0.4, -0.2) is 40.9 Å². The van der Waals surface area contributed by atoms with Gasteiger partial charge in [-0.2, -0.15) is 0 Å². The van der Waals surface area contributed by atoms with Crippen molar-refractivity contribution in [2.24, 2.45) is 0 Å². The molecule has 0 spiro atoms. The Bertz CT molecular complexity index is 979. The Balaban J connectivity index is 1.25. The second-order valence-corrected chi connectivity index (χ2v) is 8.36. The molecule has 0 aliphatic carbocycles. The minimum absolute atomic E-state index is 0.145. The lowest BCUT2D eigenvalue weighted by Crippen LogP contribution is -2.44. The summed E-state index contributed by atoms with van der Waals surface area (Å²) >= 11 is 1.59. The SMILES string of the molecule is Cc1csc(-c2ccc(N3CCC(N4CCc5ccc(F)cc54)CC3)nn2)n1. The van der Waals surface area contributed by atoms with Gasteiger partial charge in [-0.1, -0.05) is 6.07 Å². The van der Waals surface area contributed by atoms with Crippen LogP contribution in [0.15, 0.2) is 35.7 Å². The van der Waals surface area contributed by atoms with Gasteiger partial charge in [0.05, 0.1) is 0 Å². The number of halogens is 1. The fraction of sp³-hybridized carbons (Fsp3) is 0.381. The molecular formula is C21H22FN5S. The van der Waals surface area contributed by atoms with Gasteiger partial charge in [-0.05, 0) is 56.0 Å². The standard InChI is InChI=1S/C21H22FN5S/c1-14-13-28-21(23-14)18-4-5-20(25-24-18)26-9-7-17(8-10-26)27-11-6-15-2-3-16(22)12-19(15)27/h2-5,12-13,17H,6-11H2,1H3. The number of thiazole rings is 1. The molecule has 0 amide bonds. The summed E-state index contributed by atoms with van der Waals surface area (Å²) < 4.78 is 13.7. The number of hydrogen-bond donors (Lipinski definition) is 0. The highest BCUT2D eigenvalue weighted by Gasteiger charge is 2.30. The van der Waals surface area contributed by atoms with Crippen LogP contribution in [0.2, 0.25) is 0 Å². The van der Waals surface area contributed by atoms with Gasteiger partial charge in [-0.15, -0.1) is 21.5 Å². The molecule has 1 fully saturated rings. The minimum Gasteiger partial charge on any atom is -0.368 e. The normalized spacial score (nSPS) is 17.2. The maximum atomic E-state index is 13.7. The predicted octanol–water partition coefficient (Wildman–Crippen LogP) is 4.08. The molecule has 0 N–H and O–H groups in total. The average molecular weight is 396 g/mol. The number of anilines is 2. The molecule has 2 aromatic heterocycles. The van der Waals surface area contributed by atoms with E-state index in [1.165, 1.54) is 5.56 Å². The van der Waals surface area contributed by atoms with Crippen LogP contribution in [0.1, 0.15) is 24.1 Å². The van der Waals surface area contributed by atoms with Crippen molar-refractivity contribution >= 4 is 22.8 Å². The van der Waals surface area contributed by atoms with E-state index >= 15 is 0 Å². The van der Waals surface area contributed by atoms with Crippen LogP contribution in [-0.2, 0) is 6.42 Å². The second-order valence-electron chi connectivity index (χ2n) is 7.51. The van der Waals surface area contributed by atoms with Crippen LogP contribution < -0.4 is 9.80 Å². The average Bonchev–Trinajstić information content (AvgIpc) is 3.34. The first kappa shape index (κ1) is 17.6. The van der Waals surface area contributed by atoms with Crippen molar-refractivity contribution in [2.45, 2.75) is 32.2 Å². The zero-order valence-electron chi connectivity index (χ0n) is 15.8. The Hall–Kier alpha value is -2.54. The third-order valence-corrected chi connectivity index (χ3v) is 6.68. The molecular weight excluding hydrogens is 373 g/mol. The molecule has 5 rings (SSSR count). The van der Waals surface area contributed by atoms with Gasteiger partial charge in [0.1, 0.15) is 16.5 Å². The highest BCUT2D eigenvalue weighted by Crippen LogP contribution is 2.33. The van der Waals surface area contributed by atoms with Crippen molar-refractivity contribution in [1.82, 2.24) is 15.2 Å². The van der Waals surface area contributed by atoms with E-state index in [4.69, 9.17) is 0 Å². The van der Waals surface area contributed by atoms with Crippen molar-refractivity contribution in [3.8, 4) is 10.7 Å². The molecule has 2 aliphatic rings. The number of piperidine rings is 1. The first-order chi connectivity index (χ1) is 13.7. The van der Waals surface area contributed by atoms with Crippen molar-refractivity contribution in [1.29, 1.82) is 0 Å². The molecule has 1 aromatic carbocycles. The van der Waals surface area contributed by atoms with E-state index < -0.39 is 0 Å². The molecule has 1 saturated heterocycles. The van der Waals surface area contributed by atoms with Crippen LogP contribution in [0, 0.1) is 12.7 Å². The summed E-state index contributed by atoms with van der Waals surface area (Å²) in [6.45, 7) is 4.86. The Kier molecular flexibility index (Phi) is 4.47. The predicted molar refractivity (Wildman–Crippen MR) is 111 cm³/mol. The summed E-state index contributed by atoms with van der Waals surface area (Å²) in [5.41, 5.74) is 4.19. The fourth-order valence-electron chi connectivity index (χ4n) is 4.24. The van der Waals surface area contributed by atoms with Gasteiger partial charge < -0.3 is 9.80 Å². The number of hydrogen-bond acceptors (Lipinski definition) is 6. The highest BCUT2D eigenvalue weighted by molar-refractivity contribution is 7.13. The van der Waals surface area contributed by atoms with E-state index in [9.17, 15) is 4.39 Å². The van der Waals surface area contributed by atoms with Gasteiger partial charge in [0.25, 0.3) is 0 Å². The van der Waals surface area contributed by atoms with E-state index in [0.717, 1.165) is 66.8 Å². The highest BCUT2D eigenvalue weighted by atomic mass is 32.1. The molecule has 144 valence electrons. The number of benzene rings is 1. The molecule has 7 heteroatoms. The molecule has 28 heavy (non-hydrogen) atoms. The summed E-state index contributed by atoms with van der Waals surface area (Å²) in [5, 5.41) is 11.8. The third-order valence-electron chi connectivity index (χ3n) is 5.70. The molecule has 4 heterocycles. The Morgan fingerprint density at radius 2 is 1.93 bits per heavy atom. The lowest BCUT2D eigenvalue weighted by atomic mass is 10.0. The first-order valence-corrected chi connectivity index (χ1v) is 10.6. The van der Waals surface area contributed by atoms with Crippen molar-refractivity contribution in [3.63, 3.8) is 0 Å². The summed E-state index contributed by atoms with van der Waals surface area (Å²) in [6.07, 6.45) is 3.11. The van der Waals surface area contributed by atoms with Gasteiger partial charge in [-0.3, -0.25) is 0 Å². The number of rotatable bonds is 3. The molecule has 0 radical (unpaired) electrons. The molecule has 0 saturated carbocycles. The fourth-order valence-corrected chi connectivity index (χ4v) is 5.00. The van der Waals surface area contributed by atoms with Crippen LogP contribution in [0.25, 0.3) is 10.7 Å². The molecule has 3 aromatic rings. The second kappa shape index (κ2) is 7.13. The van der Waals surface area contributed by atoms with E-state index in [1.54, 1.807) is 23.5 Å². The number of aromatic nitrogens is 3. The van der Waals surface area contributed by atoms with E-state index in [0.29, 0.717) is 6.04 Å². The van der Waals surface area contributed by atoms with Crippen molar-refractivity contribution in [3.05, 3.63) is 52.8 Å². The smallest absolute Gasteiger partial charge is 0.151 e. The molecule has 0 unspecified atom stereocenters. The van der Waals surface area contributed by atoms with E-state index in [1.807, 2.05) is 30.5 Å². The maximum Gasteiger partial charge on any atom is 0.151 e. The lowest BCUT2D eigenvalue weighted by molar-refractivity contribution is 0.469. The minimum atomic E-state index is -0.145. The monoisotopic (exact) mass is 395 g/mol. The van der Waals surface area contributed by atoms with Crippen molar-refractivity contribution < 1.29 is 4.39 Å². The van der Waals surface area contributed by atoms with Gasteiger partial charge in [-0.25, -0.2) is 9.37 Å². The van der Waals surface area contributed by atoms with Gasteiger partial charge in [0.2, 0.25) is 0 Å². The largest absolute Gasteiger partial charge is 0.368 e. The van der Waals surface area contributed by atoms with Gasteiger partial charge in [0, 0.05) is 42.4 Å². The molecule has 5 nitrogen and oxygen atoms in total. The molecule has 2 aliphatic heterocycles. The zero-order chi connectivity index (χ0) is 19.1. The third kappa shape index (κ3) is 3.24. The quantitative estimate of drug-likeness (QED) is 0.669. The Morgan fingerprint density at radius 1 is 1.07 bits per heavy atom. The summed E-state index contributed by atoms with van der Waals surface area (Å²) in [5.74, 6) is 0.775. The van der Waals surface area contributed by atoms with E-state index in [2.05, 4.69) is 25.0 Å². The van der Waals surface area contributed by atoms with Gasteiger partial charge in [0.15, 0.2) is 5.82 Å². The zero-order valence-corrected chi connectivity index (χ0v) is 16.6. The van der Waals surface area contributed by atoms with Gasteiger partial charge >= 0.3 is 0 Å². The summed E-state index contributed by atoms with van der Waals surface area (Å²) in [6, 6.07) is 9.71. The number of nitrogens with zero attached hydrogens (tertiary/aromatic N) is 5. The molecule has 0 bridgehead atoms. The number of fused-ring (bicyclic) bond motifs is 1. The lowest BCUT2D eigenvalue weighted by Gasteiger charge is -2.38.